The largest absolute Gasteiger partial charge is 0.349 e. The third kappa shape index (κ3) is 3.02. The van der Waals surface area contributed by atoms with Gasteiger partial charge in [-0.1, -0.05) is 19.1 Å². The molecule has 0 radical (unpaired) electrons. The van der Waals surface area contributed by atoms with Crippen LogP contribution in [0.2, 0.25) is 0 Å². The predicted octanol–water partition coefficient (Wildman–Crippen LogP) is 5.01. The van der Waals surface area contributed by atoms with E-state index in [4.69, 9.17) is 19.2 Å². The van der Waals surface area contributed by atoms with Gasteiger partial charge in [-0.05, 0) is 80.9 Å². The van der Waals surface area contributed by atoms with E-state index >= 15 is 0 Å². The number of fused-ring (bicyclic) bond motifs is 2. The summed E-state index contributed by atoms with van der Waals surface area (Å²) in [4.78, 5) is 12.1. The van der Waals surface area contributed by atoms with Gasteiger partial charge in [0.25, 0.3) is 0 Å². The molecule has 4 saturated heterocycles. The fourth-order valence-electron chi connectivity index (χ4n) is 6.23. The van der Waals surface area contributed by atoms with E-state index in [9.17, 15) is 4.39 Å². The maximum atomic E-state index is 13.1. The molecule has 4 heterocycles. The predicted molar refractivity (Wildman–Crippen MR) is 102 cm³/mol. The van der Waals surface area contributed by atoms with Crippen LogP contribution in [0.5, 0.6) is 0 Å². The second-order valence-electron chi connectivity index (χ2n) is 9.52. The fourth-order valence-corrected chi connectivity index (χ4v) is 6.23. The van der Waals surface area contributed by atoms with Crippen LogP contribution >= 0.6 is 0 Å². The van der Waals surface area contributed by atoms with Gasteiger partial charge in [-0.25, -0.2) is 14.2 Å². The second-order valence-corrected chi connectivity index (χ2v) is 9.52. The van der Waals surface area contributed by atoms with Gasteiger partial charge in [-0.2, -0.15) is 0 Å². The summed E-state index contributed by atoms with van der Waals surface area (Å²) in [5.74, 6) is 0.998. The monoisotopic (exact) mass is 390 g/mol. The molecule has 7 atom stereocenters. The molecule has 4 nitrogen and oxygen atoms in total. The lowest BCUT2D eigenvalue weighted by atomic mass is 9.57. The minimum atomic E-state index is -0.688. The van der Waals surface area contributed by atoms with Gasteiger partial charge in [0.2, 0.25) is 5.79 Å². The van der Waals surface area contributed by atoms with Crippen molar-refractivity contribution < 1.29 is 23.6 Å². The van der Waals surface area contributed by atoms with Crippen LogP contribution in [0, 0.1) is 29.5 Å². The maximum Gasteiger partial charge on any atom is 0.201 e. The average molecular weight is 390 g/mol. The van der Waals surface area contributed by atoms with E-state index in [0.717, 1.165) is 45.1 Å². The van der Waals surface area contributed by atoms with Gasteiger partial charge >= 0.3 is 0 Å². The molecule has 5 heteroatoms. The Hall–Kier alpha value is -1.01. The Kier molecular flexibility index (Phi) is 4.78. The molecule has 6 rings (SSSR count). The van der Waals surface area contributed by atoms with Crippen molar-refractivity contribution in [2.45, 2.75) is 76.5 Å². The minimum Gasteiger partial charge on any atom is -0.349 e. The molecule has 1 spiro atoms. The molecule has 4 aliphatic heterocycles. The summed E-state index contributed by atoms with van der Waals surface area (Å²) in [5, 5.41) is 0. The number of aryl methyl sites for hydroxylation is 1. The Morgan fingerprint density at radius 3 is 2.71 bits per heavy atom. The zero-order valence-corrected chi connectivity index (χ0v) is 16.9. The molecular formula is C23H31FO4. The van der Waals surface area contributed by atoms with Gasteiger partial charge in [0.1, 0.15) is 5.82 Å². The number of ether oxygens (including phenoxy) is 2. The first kappa shape index (κ1) is 19.0. The second kappa shape index (κ2) is 7.05. The van der Waals surface area contributed by atoms with E-state index in [-0.39, 0.29) is 12.1 Å². The molecular weight excluding hydrogens is 359 g/mol. The Morgan fingerprint density at radius 1 is 1.07 bits per heavy atom. The highest BCUT2D eigenvalue weighted by Crippen LogP contribution is 2.60. The van der Waals surface area contributed by atoms with Crippen molar-refractivity contribution in [2.24, 2.45) is 23.7 Å². The Morgan fingerprint density at radius 2 is 1.89 bits per heavy atom. The summed E-state index contributed by atoms with van der Waals surface area (Å²) < 4.78 is 25.7. The van der Waals surface area contributed by atoms with Gasteiger partial charge in [0, 0.05) is 12.3 Å². The highest BCUT2D eigenvalue weighted by molar-refractivity contribution is 5.16. The van der Waals surface area contributed by atoms with Crippen LogP contribution in [-0.4, -0.2) is 24.3 Å². The van der Waals surface area contributed by atoms with Crippen molar-refractivity contribution in [1.82, 2.24) is 0 Å². The van der Waals surface area contributed by atoms with Crippen molar-refractivity contribution in [3.8, 4) is 0 Å². The van der Waals surface area contributed by atoms with E-state index in [2.05, 4.69) is 6.92 Å². The first-order chi connectivity index (χ1) is 13.5. The first-order valence-electron chi connectivity index (χ1n) is 10.9. The van der Waals surface area contributed by atoms with E-state index in [1.807, 2.05) is 19.1 Å². The van der Waals surface area contributed by atoms with E-state index < -0.39 is 11.4 Å². The van der Waals surface area contributed by atoms with Crippen molar-refractivity contribution >= 4 is 0 Å². The van der Waals surface area contributed by atoms with E-state index in [1.165, 1.54) is 12.0 Å². The summed E-state index contributed by atoms with van der Waals surface area (Å²) >= 11 is 0. The summed E-state index contributed by atoms with van der Waals surface area (Å²) in [6.07, 6.45) is 7.09. The van der Waals surface area contributed by atoms with E-state index in [0.29, 0.717) is 23.7 Å². The summed E-state index contributed by atoms with van der Waals surface area (Å²) in [7, 11) is 0. The number of rotatable bonds is 4. The van der Waals surface area contributed by atoms with E-state index in [1.54, 1.807) is 12.1 Å². The molecule has 5 aliphatic rings. The van der Waals surface area contributed by atoms with Crippen molar-refractivity contribution in [3.63, 3.8) is 0 Å². The molecule has 0 unspecified atom stereocenters. The molecule has 154 valence electrons. The Labute approximate surface area is 166 Å². The lowest BCUT2D eigenvalue weighted by Crippen LogP contribution is -2.69. The van der Waals surface area contributed by atoms with Gasteiger partial charge in [-0.3, -0.25) is 0 Å². The smallest absolute Gasteiger partial charge is 0.201 e. The highest BCUT2D eigenvalue weighted by atomic mass is 19.1. The van der Waals surface area contributed by atoms with Gasteiger partial charge < -0.3 is 9.47 Å². The Bertz CT molecular complexity index is 709. The lowest BCUT2D eigenvalue weighted by Gasteiger charge is -2.59. The Balaban J connectivity index is 1.33. The van der Waals surface area contributed by atoms with Crippen LogP contribution < -0.4 is 0 Å². The molecule has 0 aromatic heterocycles. The topological polar surface area (TPSA) is 36.9 Å². The number of benzene rings is 1. The highest BCUT2D eigenvalue weighted by Gasteiger charge is 2.68. The number of halogens is 1. The summed E-state index contributed by atoms with van der Waals surface area (Å²) in [6, 6.07) is 6.86. The molecule has 5 fully saturated rings. The first-order valence-corrected chi connectivity index (χ1v) is 10.9. The molecule has 28 heavy (non-hydrogen) atoms. The van der Waals surface area contributed by atoms with Crippen molar-refractivity contribution in [3.05, 3.63) is 35.6 Å². The van der Waals surface area contributed by atoms with Crippen LogP contribution in [-0.2, 0) is 25.7 Å². The van der Waals surface area contributed by atoms with Gasteiger partial charge in [0.05, 0.1) is 6.61 Å². The molecule has 1 aromatic rings. The zero-order valence-electron chi connectivity index (χ0n) is 16.9. The summed E-state index contributed by atoms with van der Waals surface area (Å²) in [6.45, 7) is 5.03. The van der Waals surface area contributed by atoms with Gasteiger partial charge in [0.15, 0.2) is 11.9 Å². The molecule has 2 bridgehead atoms. The van der Waals surface area contributed by atoms with Crippen LogP contribution in [0.15, 0.2) is 24.3 Å². The average Bonchev–Trinajstić information content (AvgIpc) is 2.92. The lowest BCUT2D eigenvalue weighted by molar-refractivity contribution is -0.567. The molecule has 1 aliphatic carbocycles. The standard InChI is InChI=1S/C23H31FO4/c1-15-6-11-20-17(5-3-4-16-7-9-18(24)10-8-16)14-25-21-23(20)19(15)12-13-22(2,26-21)27-28-23/h7-10,15,17,19-21H,3-6,11-14H2,1-2H3/t15-,17+,19+,20+,21-,22-,23-/m1/s1. The molecule has 0 N–H and O–H groups in total. The molecule has 1 aromatic carbocycles. The van der Waals surface area contributed by atoms with Crippen LogP contribution in [0.25, 0.3) is 0 Å². The SMILES string of the molecule is C[C@@H]1CC[C@H]2[C@@H](CCCc3ccc(F)cc3)CO[C@@H]3O[C@@]4(C)CC[C@@H]1[C@]32OO4. The molecule has 1 saturated carbocycles. The van der Waals surface area contributed by atoms with Crippen LogP contribution in [0.4, 0.5) is 4.39 Å². The normalized spacial score (nSPS) is 44.8. The summed E-state index contributed by atoms with van der Waals surface area (Å²) in [5.41, 5.74) is 0.724. The fraction of sp³-hybridized carbons (Fsp3) is 0.739. The van der Waals surface area contributed by atoms with Gasteiger partial charge in [-0.15, -0.1) is 0 Å². The van der Waals surface area contributed by atoms with Crippen molar-refractivity contribution in [2.75, 3.05) is 6.61 Å². The number of hydrogen-bond acceptors (Lipinski definition) is 4. The number of hydrogen-bond donors (Lipinski definition) is 0. The third-order valence-corrected chi connectivity index (χ3v) is 7.76. The van der Waals surface area contributed by atoms with Crippen LogP contribution in [0.3, 0.4) is 0 Å². The minimum absolute atomic E-state index is 0.174. The maximum absolute atomic E-state index is 13.1. The van der Waals surface area contributed by atoms with Crippen molar-refractivity contribution in [1.29, 1.82) is 0 Å². The van der Waals surface area contributed by atoms with Crippen LogP contribution in [0.1, 0.15) is 57.9 Å². The molecule has 0 amide bonds. The quantitative estimate of drug-likeness (QED) is 0.677. The zero-order chi connectivity index (χ0) is 19.4. The third-order valence-electron chi connectivity index (χ3n) is 7.76.